The molecule has 6 nitrogen and oxygen atoms in total. The normalized spacial score (nSPS) is 18.4. The van der Waals surface area contributed by atoms with Crippen LogP contribution in [0.3, 0.4) is 0 Å². The summed E-state index contributed by atoms with van der Waals surface area (Å²) < 4.78 is 5.53. The number of Topliss-reactive ketones (excluding diaryl/α,β-unsaturated/α-hetero) is 1. The number of para-hydroxylation sites is 2. The van der Waals surface area contributed by atoms with Crippen molar-refractivity contribution in [3.63, 3.8) is 0 Å². The highest BCUT2D eigenvalue weighted by molar-refractivity contribution is 7.09. The van der Waals surface area contributed by atoms with Crippen LogP contribution in [0.25, 0.3) is 0 Å². The molecule has 192 valence electrons. The van der Waals surface area contributed by atoms with E-state index >= 15 is 0 Å². The molecule has 7 heteroatoms. The number of ketones is 1. The van der Waals surface area contributed by atoms with Crippen LogP contribution in [0, 0.1) is 5.41 Å². The number of fused-ring (bicyclic) bond motifs is 1. The average Bonchev–Trinajstić information content (AvgIpc) is 3.34. The molecule has 1 atom stereocenters. The number of nitrogens with one attached hydrogen (secondary N) is 2. The van der Waals surface area contributed by atoms with Crippen LogP contribution in [-0.2, 0) is 16.0 Å². The molecule has 0 fully saturated rings. The van der Waals surface area contributed by atoms with Crippen LogP contribution >= 0.6 is 11.3 Å². The number of anilines is 2. The summed E-state index contributed by atoms with van der Waals surface area (Å²) in [4.78, 5) is 30.4. The number of rotatable bonds is 7. The summed E-state index contributed by atoms with van der Waals surface area (Å²) >= 11 is 1.69. The van der Waals surface area contributed by atoms with Gasteiger partial charge in [-0.15, -0.1) is 11.3 Å². The van der Waals surface area contributed by atoms with Gasteiger partial charge in [-0.25, -0.2) is 0 Å². The molecule has 1 unspecified atom stereocenters. The van der Waals surface area contributed by atoms with Crippen molar-refractivity contribution < 1.29 is 14.3 Å². The molecule has 1 aliphatic heterocycles. The van der Waals surface area contributed by atoms with Crippen molar-refractivity contribution in [1.29, 1.82) is 0 Å². The fraction of sp³-hybridized carbons (Fsp3) is 0.333. The second kappa shape index (κ2) is 10.4. The maximum absolute atomic E-state index is 13.8. The van der Waals surface area contributed by atoms with Crippen LogP contribution in [0.4, 0.5) is 11.4 Å². The number of hydrogen-bond acceptors (Lipinski definition) is 6. The minimum absolute atomic E-state index is 0.0770. The predicted octanol–water partition coefficient (Wildman–Crippen LogP) is 5.73. The Balaban J connectivity index is 1.56. The Hall–Kier alpha value is -3.58. The Morgan fingerprint density at radius 3 is 2.76 bits per heavy atom. The summed E-state index contributed by atoms with van der Waals surface area (Å²) in [6, 6.07) is 19.5. The molecule has 0 saturated carbocycles. The number of nitrogens with zero attached hydrogens (tertiary/aromatic N) is 1. The zero-order chi connectivity index (χ0) is 26.0. The SMILES string of the molecule is COc1cccc(C2C3=C(CC(C)(C)CC3=O)Nc3ccccc3N2CC(=O)NCCc2cccs2)c1. The van der Waals surface area contributed by atoms with E-state index in [0.717, 1.165) is 41.1 Å². The summed E-state index contributed by atoms with van der Waals surface area (Å²) in [5.74, 6) is 0.753. The van der Waals surface area contributed by atoms with Gasteiger partial charge in [0.2, 0.25) is 5.91 Å². The molecule has 1 aliphatic carbocycles. The highest BCUT2D eigenvalue weighted by Gasteiger charge is 2.42. The molecule has 0 radical (unpaired) electrons. The lowest BCUT2D eigenvalue weighted by Crippen LogP contribution is -2.42. The number of carbonyl (C=O) groups is 2. The first-order valence-corrected chi connectivity index (χ1v) is 13.5. The topological polar surface area (TPSA) is 70.7 Å². The van der Waals surface area contributed by atoms with Gasteiger partial charge in [-0.05, 0) is 59.5 Å². The second-order valence-electron chi connectivity index (χ2n) is 10.5. The molecule has 37 heavy (non-hydrogen) atoms. The first-order chi connectivity index (χ1) is 17.8. The largest absolute Gasteiger partial charge is 0.497 e. The monoisotopic (exact) mass is 515 g/mol. The molecule has 1 amide bonds. The molecule has 1 aromatic heterocycles. The van der Waals surface area contributed by atoms with Gasteiger partial charge in [0.05, 0.1) is 31.1 Å². The Bertz CT molecular complexity index is 1330. The van der Waals surface area contributed by atoms with Crippen LogP contribution in [0.1, 0.15) is 43.2 Å². The zero-order valence-corrected chi connectivity index (χ0v) is 22.4. The van der Waals surface area contributed by atoms with E-state index in [1.807, 2.05) is 60.0 Å². The minimum Gasteiger partial charge on any atom is -0.497 e. The molecule has 2 aliphatic rings. The van der Waals surface area contributed by atoms with E-state index in [1.165, 1.54) is 4.88 Å². The predicted molar refractivity (Wildman–Crippen MR) is 149 cm³/mol. The van der Waals surface area contributed by atoms with Crippen molar-refractivity contribution >= 4 is 34.4 Å². The molecule has 2 heterocycles. The van der Waals surface area contributed by atoms with Crippen molar-refractivity contribution in [3.05, 3.63) is 87.8 Å². The molecule has 2 N–H and O–H groups in total. The van der Waals surface area contributed by atoms with Gasteiger partial charge in [0.25, 0.3) is 0 Å². The van der Waals surface area contributed by atoms with Gasteiger partial charge in [-0.3, -0.25) is 9.59 Å². The van der Waals surface area contributed by atoms with Crippen LogP contribution in [0.2, 0.25) is 0 Å². The first kappa shape index (κ1) is 25.1. The lowest BCUT2D eigenvalue weighted by atomic mass is 9.73. The fourth-order valence-electron chi connectivity index (χ4n) is 5.38. The molecule has 0 bridgehead atoms. The van der Waals surface area contributed by atoms with Crippen LogP contribution in [-0.4, -0.2) is 31.9 Å². The summed E-state index contributed by atoms with van der Waals surface area (Å²) in [6.45, 7) is 4.95. The molecule has 3 aromatic rings. The van der Waals surface area contributed by atoms with Gasteiger partial charge in [-0.1, -0.05) is 44.2 Å². The van der Waals surface area contributed by atoms with E-state index in [4.69, 9.17) is 4.74 Å². The number of carbonyl (C=O) groups excluding carboxylic acids is 2. The number of methoxy groups -OCH3 is 1. The standard InChI is InChI=1S/C30H33N3O3S/c1-30(2)17-24-28(26(34)18-30)29(20-8-6-9-21(16-20)36-3)33(25-12-5-4-11-23(25)32-24)19-27(35)31-14-13-22-10-7-15-37-22/h4-12,15-16,29,32H,13-14,17-19H2,1-3H3,(H,31,35). The van der Waals surface area contributed by atoms with Crippen LogP contribution in [0.5, 0.6) is 5.75 Å². The van der Waals surface area contributed by atoms with E-state index in [2.05, 4.69) is 35.4 Å². The zero-order valence-electron chi connectivity index (χ0n) is 21.5. The number of ether oxygens (including phenoxy) is 1. The number of amides is 1. The minimum atomic E-state index is -0.423. The van der Waals surface area contributed by atoms with Crippen LogP contribution < -0.4 is 20.3 Å². The molecular weight excluding hydrogens is 482 g/mol. The third-order valence-corrected chi connectivity index (χ3v) is 7.94. The molecule has 5 rings (SSSR count). The van der Waals surface area contributed by atoms with Crippen molar-refractivity contribution in [2.75, 3.05) is 30.4 Å². The number of benzene rings is 2. The van der Waals surface area contributed by atoms with E-state index in [-0.39, 0.29) is 23.7 Å². The van der Waals surface area contributed by atoms with E-state index in [0.29, 0.717) is 18.7 Å². The molecule has 0 saturated heterocycles. The molecular formula is C30H33N3O3S. The summed E-state index contributed by atoms with van der Waals surface area (Å²) in [7, 11) is 1.64. The third-order valence-electron chi connectivity index (χ3n) is 7.00. The second-order valence-corrected chi connectivity index (χ2v) is 11.5. The Morgan fingerprint density at radius 1 is 1.14 bits per heavy atom. The maximum Gasteiger partial charge on any atom is 0.239 e. The summed E-state index contributed by atoms with van der Waals surface area (Å²) in [5.41, 5.74) is 4.23. The van der Waals surface area contributed by atoms with Crippen molar-refractivity contribution in [2.45, 2.75) is 39.2 Å². The average molecular weight is 516 g/mol. The highest BCUT2D eigenvalue weighted by Crippen LogP contribution is 2.48. The third kappa shape index (κ3) is 5.42. The Morgan fingerprint density at radius 2 is 1.97 bits per heavy atom. The lowest BCUT2D eigenvalue weighted by Gasteiger charge is -2.38. The Labute approximate surface area is 222 Å². The molecule has 0 spiro atoms. The van der Waals surface area contributed by atoms with E-state index < -0.39 is 6.04 Å². The fourth-order valence-corrected chi connectivity index (χ4v) is 6.08. The van der Waals surface area contributed by atoms with Crippen molar-refractivity contribution in [3.8, 4) is 5.75 Å². The van der Waals surface area contributed by atoms with Crippen LogP contribution in [0.15, 0.2) is 77.3 Å². The maximum atomic E-state index is 13.8. The number of hydrogen-bond donors (Lipinski definition) is 2. The van der Waals surface area contributed by atoms with Gasteiger partial charge in [0.1, 0.15) is 5.75 Å². The van der Waals surface area contributed by atoms with Crippen molar-refractivity contribution in [2.24, 2.45) is 5.41 Å². The lowest BCUT2D eigenvalue weighted by molar-refractivity contribution is -0.120. The van der Waals surface area contributed by atoms with Crippen molar-refractivity contribution in [1.82, 2.24) is 5.32 Å². The molecule has 2 aromatic carbocycles. The van der Waals surface area contributed by atoms with Gasteiger partial charge in [0.15, 0.2) is 5.78 Å². The van der Waals surface area contributed by atoms with Gasteiger partial charge >= 0.3 is 0 Å². The Kier molecular flexibility index (Phi) is 7.07. The highest BCUT2D eigenvalue weighted by atomic mass is 32.1. The van der Waals surface area contributed by atoms with E-state index in [1.54, 1.807) is 18.4 Å². The van der Waals surface area contributed by atoms with Gasteiger partial charge in [0, 0.05) is 29.1 Å². The van der Waals surface area contributed by atoms with E-state index in [9.17, 15) is 9.59 Å². The number of thiophene rings is 1. The van der Waals surface area contributed by atoms with Gasteiger partial charge in [-0.2, -0.15) is 0 Å². The van der Waals surface area contributed by atoms with Gasteiger partial charge < -0.3 is 20.3 Å². The smallest absolute Gasteiger partial charge is 0.239 e. The summed E-state index contributed by atoms with van der Waals surface area (Å²) in [6.07, 6.45) is 2.01. The quantitative estimate of drug-likeness (QED) is 0.420. The summed E-state index contributed by atoms with van der Waals surface area (Å²) in [5, 5.41) is 8.73. The first-order valence-electron chi connectivity index (χ1n) is 12.7. The number of allylic oxidation sites excluding steroid dienone is 1.